The Labute approximate surface area is 122 Å². The predicted octanol–water partition coefficient (Wildman–Crippen LogP) is 3.15. The van der Waals surface area contributed by atoms with Gasteiger partial charge in [0.15, 0.2) is 0 Å². The summed E-state index contributed by atoms with van der Waals surface area (Å²) in [7, 11) is 2.04. The molecular formula is C16H29N3O. The summed E-state index contributed by atoms with van der Waals surface area (Å²) in [6.07, 6.45) is 8.98. The van der Waals surface area contributed by atoms with Crippen LogP contribution in [0.3, 0.4) is 0 Å². The first-order chi connectivity index (χ1) is 9.65. The Bertz CT molecular complexity index is 414. The summed E-state index contributed by atoms with van der Waals surface area (Å²) in [4.78, 5) is 0. The monoisotopic (exact) mass is 279 g/mol. The molecule has 4 heteroatoms. The molecule has 20 heavy (non-hydrogen) atoms. The Morgan fingerprint density at radius 3 is 2.90 bits per heavy atom. The molecule has 114 valence electrons. The average Bonchev–Trinajstić information content (AvgIpc) is 2.88. The zero-order valence-electron chi connectivity index (χ0n) is 13.4. The molecule has 0 aromatic carbocycles. The number of nitrogens with zero attached hydrogens (tertiary/aromatic N) is 2. The van der Waals surface area contributed by atoms with Crippen molar-refractivity contribution in [3.05, 3.63) is 18.0 Å². The van der Waals surface area contributed by atoms with Crippen LogP contribution in [0.2, 0.25) is 0 Å². The largest absolute Gasteiger partial charge is 0.373 e. The first-order valence-corrected chi connectivity index (χ1v) is 7.98. The van der Waals surface area contributed by atoms with Gasteiger partial charge in [0, 0.05) is 24.9 Å². The Kier molecular flexibility index (Phi) is 5.22. The summed E-state index contributed by atoms with van der Waals surface area (Å²) in [6.45, 7) is 8.24. The van der Waals surface area contributed by atoms with E-state index in [1.807, 2.05) is 17.9 Å². The van der Waals surface area contributed by atoms with Crippen LogP contribution in [-0.2, 0) is 11.3 Å². The maximum absolute atomic E-state index is 6.29. The fourth-order valence-corrected chi connectivity index (χ4v) is 3.74. The molecule has 0 bridgehead atoms. The smallest absolute Gasteiger partial charge is 0.0879 e. The van der Waals surface area contributed by atoms with Crippen molar-refractivity contribution in [1.29, 1.82) is 0 Å². The fraction of sp³-hybridized carbons (Fsp3) is 0.812. The van der Waals surface area contributed by atoms with Crippen molar-refractivity contribution in [3.63, 3.8) is 0 Å². The maximum Gasteiger partial charge on any atom is 0.0879 e. The normalized spacial score (nSPS) is 28.5. The number of nitrogens with one attached hydrogen (secondary N) is 1. The molecule has 0 aliphatic heterocycles. The highest BCUT2D eigenvalue weighted by Crippen LogP contribution is 2.43. The topological polar surface area (TPSA) is 39.1 Å². The lowest BCUT2D eigenvalue weighted by atomic mass is 9.73. The molecule has 0 spiro atoms. The van der Waals surface area contributed by atoms with Crippen molar-refractivity contribution in [2.45, 2.75) is 64.6 Å². The predicted molar refractivity (Wildman–Crippen MR) is 81.7 cm³/mol. The number of ether oxygens (including phenoxy) is 1. The van der Waals surface area contributed by atoms with E-state index < -0.39 is 0 Å². The molecule has 1 aliphatic rings. The SMILES string of the molecule is CCOC1(C(NC)c2cnn(CC)c2)CCCC(C)C1. The van der Waals surface area contributed by atoms with Crippen molar-refractivity contribution >= 4 is 0 Å². The van der Waals surface area contributed by atoms with Gasteiger partial charge >= 0.3 is 0 Å². The van der Waals surface area contributed by atoms with E-state index in [1.165, 1.54) is 18.4 Å². The van der Waals surface area contributed by atoms with E-state index in [4.69, 9.17) is 4.74 Å². The third-order valence-electron chi connectivity index (χ3n) is 4.55. The first kappa shape index (κ1) is 15.5. The van der Waals surface area contributed by atoms with E-state index in [1.54, 1.807) is 0 Å². The van der Waals surface area contributed by atoms with Gasteiger partial charge in [0.2, 0.25) is 0 Å². The minimum atomic E-state index is -0.0806. The number of likely N-dealkylation sites (N-methyl/N-ethyl adjacent to an activating group) is 1. The van der Waals surface area contributed by atoms with Crippen LogP contribution in [0.4, 0.5) is 0 Å². The molecule has 3 atom stereocenters. The summed E-state index contributed by atoms with van der Waals surface area (Å²) in [5, 5.41) is 7.92. The second-order valence-electron chi connectivity index (χ2n) is 6.05. The van der Waals surface area contributed by atoms with Crippen LogP contribution in [0.15, 0.2) is 12.4 Å². The van der Waals surface area contributed by atoms with Crippen LogP contribution in [0, 0.1) is 5.92 Å². The lowest BCUT2D eigenvalue weighted by Gasteiger charge is -2.45. The van der Waals surface area contributed by atoms with E-state index >= 15 is 0 Å². The molecule has 0 radical (unpaired) electrons. The molecule has 1 saturated carbocycles. The van der Waals surface area contributed by atoms with Crippen molar-refractivity contribution in [2.24, 2.45) is 5.92 Å². The van der Waals surface area contributed by atoms with E-state index in [0.717, 1.165) is 31.9 Å². The van der Waals surface area contributed by atoms with Gasteiger partial charge in [-0.1, -0.05) is 19.8 Å². The van der Waals surface area contributed by atoms with Crippen LogP contribution >= 0.6 is 0 Å². The van der Waals surface area contributed by atoms with Crippen molar-refractivity contribution in [3.8, 4) is 0 Å². The summed E-state index contributed by atoms with van der Waals surface area (Å²) in [6, 6.07) is 0.227. The highest BCUT2D eigenvalue weighted by Gasteiger charge is 2.43. The van der Waals surface area contributed by atoms with Crippen LogP contribution in [0.1, 0.15) is 58.1 Å². The molecule has 4 nitrogen and oxygen atoms in total. The molecule has 1 aliphatic carbocycles. The maximum atomic E-state index is 6.29. The first-order valence-electron chi connectivity index (χ1n) is 7.98. The fourth-order valence-electron chi connectivity index (χ4n) is 3.74. The molecular weight excluding hydrogens is 250 g/mol. The second kappa shape index (κ2) is 6.72. The molecule has 1 N–H and O–H groups in total. The Balaban J connectivity index is 2.28. The van der Waals surface area contributed by atoms with E-state index in [2.05, 4.69) is 37.4 Å². The summed E-state index contributed by atoms with van der Waals surface area (Å²) in [5.74, 6) is 0.729. The quantitative estimate of drug-likeness (QED) is 0.869. The Morgan fingerprint density at radius 1 is 1.55 bits per heavy atom. The minimum Gasteiger partial charge on any atom is -0.373 e. The van der Waals surface area contributed by atoms with Gasteiger partial charge in [-0.2, -0.15) is 5.10 Å². The highest BCUT2D eigenvalue weighted by atomic mass is 16.5. The van der Waals surface area contributed by atoms with Gasteiger partial charge in [-0.05, 0) is 39.7 Å². The second-order valence-corrected chi connectivity index (χ2v) is 6.05. The van der Waals surface area contributed by atoms with Crippen LogP contribution in [-0.4, -0.2) is 29.0 Å². The summed E-state index contributed by atoms with van der Waals surface area (Å²) < 4.78 is 8.28. The number of aromatic nitrogens is 2. The zero-order chi connectivity index (χ0) is 14.6. The summed E-state index contributed by atoms with van der Waals surface area (Å²) >= 11 is 0. The van der Waals surface area contributed by atoms with Gasteiger partial charge in [0.25, 0.3) is 0 Å². The molecule has 1 aromatic rings. The molecule has 0 amide bonds. The molecule has 2 rings (SSSR count). The van der Waals surface area contributed by atoms with Gasteiger partial charge in [-0.15, -0.1) is 0 Å². The van der Waals surface area contributed by atoms with Gasteiger partial charge in [-0.3, -0.25) is 4.68 Å². The van der Waals surface area contributed by atoms with Gasteiger partial charge < -0.3 is 10.1 Å². The number of aryl methyl sites for hydroxylation is 1. The zero-order valence-corrected chi connectivity index (χ0v) is 13.4. The van der Waals surface area contributed by atoms with Crippen molar-refractivity contribution in [2.75, 3.05) is 13.7 Å². The number of hydrogen-bond donors (Lipinski definition) is 1. The lowest BCUT2D eigenvalue weighted by Crippen LogP contribution is -2.48. The van der Waals surface area contributed by atoms with Crippen LogP contribution in [0.5, 0.6) is 0 Å². The van der Waals surface area contributed by atoms with Crippen LogP contribution in [0.25, 0.3) is 0 Å². The Hall–Kier alpha value is -0.870. The molecule has 1 heterocycles. The molecule has 1 aromatic heterocycles. The third kappa shape index (κ3) is 3.07. The Morgan fingerprint density at radius 2 is 2.35 bits per heavy atom. The van der Waals surface area contributed by atoms with Crippen molar-refractivity contribution in [1.82, 2.24) is 15.1 Å². The van der Waals surface area contributed by atoms with E-state index in [0.29, 0.717) is 0 Å². The van der Waals surface area contributed by atoms with Crippen LogP contribution < -0.4 is 5.32 Å². The third-order valence-corrected chi connectivity index (χ3v) is 4.55. The number of rotatable bonds is 6. The van der Waals surface area contributed by atoms with E-state index in [9.17, 15) is 0 Å². The number of hydrogen-bond acceptors (Lipinski definition) is 3. The summed E-state index contributed by atoms with van der Waals surface area (Å²) in [5.41, 5.74) is 1.17. The average molecular weight is 279 g/mol. The lowest BCUT2D eigenvalue weighted by molar-refractivity contribution is -0.100. The van der Waals surface area contributed by atoms with Gasteiger partial charge in [0.1, 0.15) is 0 Å². The molecule has 1 fully saturated rings. The molecule has 0 saturated heterocycles. The van der Waals surface area contributed by atoms with E-state index in [-0.39, 0.29) is 11.6 Å². The van der Waals surface area contributed by atoms with Gasteiger partial charge in [0.05, 0.1) is 17.8 Å². The molecule has 3 unspecified atom stereocenters. The van der Waals surface area contributed by atoms with Gasteiger partial charge in [-0.25, -0.2) is 0 Å². The highest BCUT2D eigenvalue weighted by molar-refractivity contribution is 5.17. The standard InChI is InChI=1S/C16H29N3O/c1-5-19-12-14(11-18-19)15(17-4)16(20-6-2)9-7-8-13(3)10-16/h11-13,15,17H,5-10H2,1-4H3. The van der Waals surface area contributed by atoms with Crippen molar-refractivity contribution < 1.29 is 4.74 Å². The minimum absolute atomic E-state index is 0.0806.